The molecule has 4 saturated heterocycles. The maximum Gasteiger partial charge on any atom is 0.564 e. The van der Waals surface area contributed by atoms with Crippen LogP contribution in [0.3, 0.4) is 0 Å². The van der Waals surface area contributed by atoms with Gasteiger partial charge in [-0.3, -0.25) is 23.7 Å². The number of aliphatic hydroxyl groups excluding tert-OH is 8. The molecule has 0 radical (unpaired) electrons. The Balaban J connectivity index is 1.47. The van der Waals surface area contributed by atoms with Gasteiger partial charge in [-0.25, -0.2) is 4.79 Å². The first-order chi connectivity index (χ1) is 33.5. The van der Waals surface area contributed by atoms with Crippen LogP contribution in [0.2, 0.25) is 0 Å². The minimum Gasteiger partial charge on any atom is -0.479 e. The van der Waals surface area contributed by atoms with Gasteiger partial charge in [-0.05, 0) is 36.1 Å². The zero-order valence-electron chi connectivity index (χ0n) is 39.2. The molecule has 0 saturated carbocycles. The van der Waals surface area contributed by atoms with E-state index in [1.807, 2.05) is 8.93 Å². The molecule has 5 rings (SSSR count). The van der Waals surface area contributed by atoms with Gasteiger partial charge in [0, 0.05) is 28.0 Å². The van der Waals surface area contributed by atoms with Gasteiger partial charge in [0.25, 0.3) is 5.91 Å². The molecule has 11 unspecified atom stereocenters. The van der Waals surface area contributed by atoms with Crippen molar-refractivity contribution in [3.05, 3.63) is 29.8 Å². The first-order valence-corrected chi connectivity index (χ1v) is 25.0. The van der Waals surface area contributed by atoms with E-state index in [4.69, 9.17) is 42.4 Å². The summed E-state index contributed by atoms with van der Waals surface area (Å²) >= 11 is 0. The van der Waals surface area contributed by atoms with Crippen LogP contribution in [-0.4, -0.2) is 237 Å². The van der Waals surface area contributed by atoms with Gasteiger partial charge in [0.2, 0.25) is 17.7 Å². The molecule has 71 heavy (non-hydrogen) atoms. The predicted molar refractivity (Wildman–Crippen MR) is 237 cm³/mol. The standard InChI is InChI=1S/C41H62N4O24P2/c1-14(18-7-9-19(10-8-18)69-71(60)70)45(11-22(50)42-5)37(57)36-34(61-6)27(53)28(54)40(68-36)65-32-24(44-17(4)49)39(63-21(13-47)26(32)52)66-33-29(55)35(38(58)59)67-41(30(33)56)64-31-23(43-16(3)48)15(2)62-20(12-46)25(31)51/h7-10,14-15,20-21,23-36,39-41,46-47,51-56H,11-13,70H2,1-6H3,(H3-,42,43,44,48,49,50,58,59)/p+1/t14?,15-,20?,21?,23+,24-,25+,26+,27?,28-,29-,30-,31?,32?,33?,34-,35?,36?,39-,40+,41+/m0/s1. The molecule has 4 aliphatic heterocycles. The smallest absolute Gasteiger partial charge is 0.479 e. The Morgan fingerprint density at radius 1 is 0.718 bits per heavy atom. The number of rotatable bonds is 19. The highest BCUT2D eigenvalue weighted by Crippen LogP contribution is 2.37. The van der Waals surface area contributed by atoms with Crippen LogP contribution in [0.5, 0.6) is 5.75 Å². The van der Waals surface area contributed by atoms with E-state index in [9.17, 15) is 74.5 Å². The predicted octanol–water partition coefficient (Wildman–Crippen LogP) is -5.39. The van der Waals surface area contributed by atoms with Crippen LogP contribution in [0.25, 0.3) is 0 Å². The summed E-state index contributed by atoms with van der Waals surface area (Å²) in [5, 5.41) is 106. The first kappa shape index (κ1) is 58.2. The third-order valence-corrected chi connectivity index (χ3v) is 13.1. The lowest BCUT2D eigenvalue weighted by Crippen LogP contribution is -2.71. The third kappa shape index (κ3) is 13.5. The van der Waals surface area contributed by atoms with Crippen LogP contribution < -0.4 is 20.5 Å². The number of nitrogens with zero attached hydrogens (tertiary/aromatic N) is 1. The number of aliphatic carboxylic acids is 1. The molecule has 4 fully saturated rings. The molecule has 0 aromatic heterocycles. The Bertz CT molecular complexity index is 2010. The summed E-state index contributed by atoms with van der Waals surface area (Å²) in [6, 6.07) is 2.11. The van der Waals surface area contributed by atoms with Gasteiger partial charge in [0.15, 0.2) is 45.8 Å². The molecular weight excluding hydrogens is 994 g/mol. The van der Waals surface area contributed by atoms with Gasteiger partial charge in [0.05, 0.1) is 31.4 Å². The minimum absolute atomic E-state index is 0.233. The van der Waals surface area contributed by atoms with Crippen molar-refractivity contribution < 1.29 is 117 Å². The van der Waals surface area contributed by atoms with Crippen LogP contribution in [0.1, 0.15) is 39.3 Å². The number of carboxylic acids is 1. The summed E-state index contributed by atoms with van der Waals surface area (Å²) < 4.78 is 63.1. The maximum atomic E-state index is 14.6. The van der Waals surface area contributed by atoms with Crippen LogP contribution >= 0.6 is 16.6 Å². The van der Waals surface area contributed by atoms with Crippen molar-refractivity contribution in [1.82, 2.24) is 20.9 Å². The molecule has 0 spiro atoms. The van der Waals surface area contributed by atoms with E-state index in [2.05, 4.69) is 16.0 Å². The number of ether oxygens (including phenoxy) is 8. The Kier molecular flexibility index (Phi) is 20.9. The topological polar surface area (TPSA) is 407 Å². The van der Waals surface area contributed by atoms with Crippen molar-refractivity contribution >= 4 is 46.2 Å². The number of methoxy groups -OCH3 is 1. The van der Waals surface area contributed by atoms with Crippen LogP contribution in [0, 0.1) is 0 Å². The Hall–Kier alpha value is -3.74. The molecule has 1 aromatic carbocycles. The zero-order valence-corrected chi connectivity index (χ0v) is 41.2. The maximum absolute atomic E-state index is 14.6. The van der Waals surface area contributed by atoms with E-state index in [-0.39, 0.29) is 5.75 Å². The lowest BCUT2D eigenvalue weighted by molar-refractivity contribution is -0.368. The number of amides is 4. The van der Waals surface area contributed by atoms with Crippen LogP contribution in [-0.2, 0) is 66.4 Å². The van der Waals surface area contributed by atoms with E-state index in [1.165, 1.54) is 26.1 Å². The fourth-order valence-electron chi connectivity index (χ4n) is 8.70. The molecule has 30 heteroatoms. The van der Waals surface area contributed by atoms with E-state index >= 15 is 0 Å². The van der Waals surface area contributed by atoms with Crippen molar-refractivity contribution in [2.24, 2.45) is 0 Å². The second-order valence-corrected chi connectivity index (χ2v) is 19.2. The average molecular weight is 1060 g/mol. The van der Waals surface area contributed by atoms with Crippen molar-refractivity contribution in [2.75, 3.05) is 33.9 Å². The lowest BCUT2D eigenvalue weighted by Gasteiger charge is -2.50. The minimum atomic E-state index is -2.29. The number of carbonyl (C=O) groups excluding carboxylic acids is 4. The number of carbonyl (C=O) groups is 5. The van der Waals surface area contributed by atoms with E-state index < -0.39 is 186 Å². The number of carboxylic acid groups (broad SMARTS) is 1. The van der Waals surface area contributed by atoms with E-state index in [0.717, 1.165) is 25.9 Å². The normalized spacial score (nSPS) is 38.0. The molecule has 0 aliphatic carbocycles. The molecule has 12 N–H and O–H groups in total. The quantitative estimate of drug-likeness (QED) is 0.0576. The van der Waals surface area contributed by atoms with Crippen molar-refractivity contribution in [2.45, 2.75) is 156 Å². The Morgan fingerprint density at radius 2 is 1.24 bits per heavy atom. The van der Waals surface area contributed by atoms with Gasteiger partial charge in [0.1, 0.15) is 85.8 Å². The van der Waals surface area contributed by atoms with Gasteiger partial charge < -0.3 is 105 Å². The van der Waals surface area contributed by atoms with Crippen LogP contribution in [0.15, 0.2) is 24.3 Å². The summed E-state index contributed by atoms with van der Waals surface area (Å²) in [6.07, 6.45) is -34.0. The first-order valence-electron chi connectivity index (χ1n) is 22.2. The summed E-state index contributed by atoms with van der Waals surface area (Å²) in [5.41, 5.74) is 0.448. The number of benzene rings is 1. The summed E-state index contributed by atoms with van der Waals surface area (Å²) in [5.74, 6) is -4.68. The van der Waals surface area contributed by atoms with Gasteiger partial charge in [-0.1, -0.05) is 12.1 Å². The summed E-state index contributed by atoms with van der Waals surface area (Å²) in [4.78, 5) is 66.0. The highest BCUT2D eigenvalue weighted by atomic mass is 32.0. The molecule has 0 bridgehead atoms. The van der Waals surface area contributed by atoms with Gasteiger partial charge in [-0.2, -0.15) is 0 Å². The van der Waals surface area contributed by atoms with E-state index in [0.29, 0.717) is 5.56 Å². The number of likely N-dealkylation sites (N-methyl/N-ethyl adjacent to an activating group) is 1. The van der Waals surface area contributed by atoms with Crippen molar-refractivity contribution in [1.29, 1.82) is 0 Å². The summed E-state index contributed by atoms with van der Waals surface area (Å²) in [6.45, 7) is 2.84. The Labute approximate surface area is 409 Å². The SMILES string of the molecule is CNC(=O)CN(C(=O)C1O[C@@H](OC2[C@H](O)C(CO)O[C@@H](OC3[C@H](O)C(C(=O)O)O[C@@H](OC4[C@H](O)C(CO)O[C@@H](C)[C@H]4NC(C)=O)[C@H]3O)[C@H]2NC(C)=O)[C@@H](O)C(O)[C@@H]1OC)C(C)c1ccc(O[P+](=O)P)cc1. The molecule has 4 amide bonds. The highest BCUT2D eigenvalue weighted by Gasteiger charge is 2.58. The van der Waals surface area contributed by atoms with E-state index in [1.54, 1.807) is 19.1 Å². The fourth-order valence-corrected chi connectivity index (χ4v) is 9.39. The molecule has 28 nitrogen and oxygen atoms in total. The molecule has 1 aromatic rings. The number of nitrogens with one attached hydrogen (secondary N) is 3. The highest BCUT2D eigenvalue weighted by molar-refractivity contribution is 8.04. The number of hydrogen-bond acceptors (Lipinski definition) is 23. The molecule has 23 atom stereocenters. The second-order valence-electron chi connectivity index (χ2n) is 17.1. The zero-order chi connectivity index (χ0) is 52.8. The molecule has 4 aliphatic rings. The average Bonchev–Trinajstić information content (AvgIpc) is 3.31. The number of aliphatic hydroxyl groups is 8. The molecule has 4 heterocycles. The van der Waals surface area contributed by atoms with Gasteiger partial charge >= 0.3 is 13.7 Å². The molecule has 400 valence electrons. The van der Waals surface area contributed by atoms with Crippen molar-refractivity contribution in [3.63, 3.8) is 0 Å². The van der Waals surface area contributed by atoms with Crippen LogP contribution in [0.4, 0.5) is 0 Å². The lowest BCUT2D eigenvalue weighted by atomic mass is 9.92. The monoisotopic (exact) mass is 1060 g/mol. The molecular formula is C41H63N4O24P2+. The largest absolute Gasteiger partial charge is 0.564 e. The Morgan fingerprint density at radius 3 is 1.76 bits per heavy atom. The van der Waals surface area contributed by atoms with Crippen molar-refractivity contribution in [3.8, 4) is 5.75 Å². The third-order valence-electron chi connectivity index (χ3n) is 12.4. The van der Waals surface area contributed by atoms with Gasteiger partial charge in [-0.15, -0.1) is 0 Å². The summed E-state index contributed by atoms with van der Waals surface area (Å²) in [7, 11) is 2.33. The number of hydrogen-bond donors (Lipinski definition) is 12. The second kappa shape index (κ2) is 25.5. The fraction of sp³-hybridized carbons (Fsp3) is 0.732.